The minimum atomic E-state index is -1.25. The van der Waals surface area contributed by atoms with E-state index in [-0.39, 0.29) is 5.91 Å². The molecule has 0 aliphatic carbocycles. The van der Waals surface area contributed by atoms with Crippen molar-refractivity contribution < 1.29 is 9.59 Å². The van der Waals surface area contributed by atoms with Crippen LogP contribution in [0.4, 0.5) is 10.5 Å². The molecule has 2 aromatic rings. The molecule has 2 aromatic carbocycles. The number of urea groups is 1. The molecule has 0 heterocycles. The van der Waals surface area contributed by atoms with E-state index in [4.69, 9.17) is 5.73 Å². The second-order valence-electron chi connectivity index (χ2n) is 4.80. The van der Waals surface area contributed by atoms with Crippen molar-refractivity contribution in [3.63, 3.8) is 0 Å². The Morgan fingerprint density at radius 1 is 0.952 bits per heavy atom. The Hall–Kier alpha value is -2.82. The van der Waals surface area contributed by atoms with Crippen LogP contribution < -0.4 is 16.4 Å². The van der Waals surface area contributed by atoms with Gasteiger partial charge in [-0.3, -0.25) is 4.79 Å². The molecular formula is C16H17N3O2. The van der Waals surface area contributed by atoms with E-state index in [1.54, 1.807) is 43.3 Å². The summed E-state index contributed by atoms with van der Waals surface area (Å²) in [7, 11) is 0. The molecule has 0 bridgehead atoms. The van der Waals surface area contributed by atoms with E-state index in [9.17, 15) is 9.59 Å². The van der Waals surface area contributed by atoms with E-state index in [2.05, 4.69) is 10.6 Å². The third kappa shape index (κ3) is 3.39. The molecule has 1 atom stereocenters. The van der Waals surface area contributed by atoms with Gasteiger partial charge in [0.15, 0.2) is 0 Å². The van der Waals surface area contributed by atoms with Gasteiger partial charge < -0.3 is 16.4 Å². The van der Waals surface area contributed by atoms with Crippen LogP contribution in [0.2, 0.25) is 0 Å². The third-order valence-corrected chi connectivity index (χ3v) is 3.21. The number of hydrogen-bond donors (Lipinski definition) is 3. The number of nitrogens with one attached hydrogen (secondary N) is 2. The molecule has 21 heavy (non-hydrogen) atoms. The first-order valence-corrected chi connectivity index (χ1v) is 6.52. The molecule has 4 N–H and O–H groups in total. The minimum Gasteiger partial charge on any atom is -0.352 e. The normalized spacial score (nSPS) is 13.0. The van der Waals surface area contributed by atoms with Crippen LogP contribution in [0.1, 0.15) is 12.5 Å². The number of rotatable bonds is 4. The topological polar surface area (TPSA) is 84.2 Å². The summed E-state index contributed by atoms with van der Waals surface area (Å²) in [5, 5.41) is 5.30. The number of anilines is 1. The Balaban J connectivity index is 2.32. The molecule has 0 aliphatic rings. The molecule has 3 amide bonds. The van der Waals surface area contributed by atoms with Crippen molar-refractivity contribution in [3.05, 3.63) is 66.2 Å². The molecule has 0 aromatic heterocycles. The highest BCUT2D eigenvalue weighted by Gasteiger charge is 2.36. The van der Waals surface area contributed by atoms with Crippen molar-refractivity contribution in [3.8, 4) is 0 Å². The SMILES string of the molecule is CC(NC(N)=O)(C(=O)Nc1ccccc1)c1ccccc1. The molecule has 108 valence electrons. The summed E-state index contributed by atoms with van der Waals surface area (Å²) in [4.78, 5) is 23.9. The zero-order chi connectivity index (χ0) is 15.3. The number of benzene rings is 2. The lowest BCUT2D eigenvalue weighted by molar-refractivity contribution is -0.121. The molecule has 0 aliphatic heterocycles. The third-order valence-electron chi connectivity index (χ3n) is 3.21. The fourth-order valence-electron chi connectivity index (χ4n) is 2.06. The lowest BCUT2D eigenvalue weighted by Crippen LogP contribution is -2.53. The van der Waals surface area contributed by atoms with Gasteiger partial charge in [-0.05, 0) is 24.6 Å². The van der Waals surface area contributed by atoms with E-state index in [1.807, 2.05) is 24.3 Å². The van der Waals surface area contributed by atoms with Gasteiger partial charge in [0, 0.05) is 5.69 Å². The maximum Gasteiger partial charge on any atom is 0.313 e. The highest BCUT2D eigenvalue weighted by molar-refractivity contribution is 6.00. The van der Waals surface area contributed by atoms with Crippen molar-refractivity contribution in [1.82, 2.24) is 5.32 Å². The van der Waals surface area contributed by atoms with Crippen LogP contribution in [-0.4, -0.2) is 11.9 Å². The maximum absolute atomic E-state index is 12.6. The van der Waals surface area contributed by atoms with Crippen LogP contribution in [0.25, 0.3) is 0 Å². The van der Waals surface area contributed by atoms with Gasteiger partial charge in [0.1, 0.15) is 5.54 Å². The van der Waals surface area contributed by atoms with Gasteiger partial charge in [-0.1, -0.05) is 48.5 Å². The quantitative estimate of drug-likeness (QED) is 0.803. The first-order chi connectivity index (χ1) is 10.0. The zero-order valence-corrected chi connectivity index (χ0v) is 11.7. The molecule has 5 heteroatoms. The monoisotopic (exact) mass is 283 g/mol. The second kappa shape index (κ2) is 6.09. The first kappa shape index (κ1) is 14.6. The molecule has 1 unspecified atom stereocenters. The van der Waals surface area contributed by atoms with Crippen molar-refractivity contribution in [1.29, 1.82) is 0 Å². The Labute approximate surface area is 123 Å². The summed E-state index contributed by atoms with van der Waals surface area (Å²) in [6.07, 6.45) is 0. The molecule has 2 rings (SSSR count). The van der Waals surface area contributed by atoms with Crippen LogP contribution in [0.15, 0.2) is 60.7 Å². The van der Waals surface area contributed by atoms with Crippen LogP contribution in [0, 0.1) is 0 Å². The van der Waals surface area contributed by atoms with Crippen LogP contribution in [0.3, 0.4) is 0 Å². The molecule has 0 saturated heterocycles. The Bertz CT molecular complexity index is 628. The van der Waals surface area contributed by atoms with Crippen LogP contribution in [0.5, 0.6) is 0 Å². The number of primary amides is 1. The summed E-state index contributed by atoms with van der Waals surface area (Å²) in [6.45, 7) is 1.62. The minimum absolute atomic E-state index is 0.362. The predicted octanol–water partition coefficient (Wildman–Crippen LogP) is 2.21. The van der Waals surface area contributed by atoms with E-state index in [0.29, 0.717) is 11.3 Å². The van der Waals surface area contributed by atoms with Crippen molar-refractivity contribution in [2.75, 3.05) is 5.32 Å². The highest BCUT2D eigenvalue weighted by Crippen LogP contribution is 2.22. The standard InChI is InChI=1S/C16H17N3O2/c1-16(19-15(17)21,12-8-4-2-5-9-12)14(20)18-13-10-6-3-7-11-13/h2-11H,1H3,(H,18,20)(H3,17,19,21). The largest absolute Gasteiger partial charge is 0.352 e. The van der Waals surface area contributed by atoms with Gasteiger partial charge in [0.2, 0.25) is 0 Å². The zero-order valence-electron chi connectivity index (χ0n) is 11.7. The number of carbonyl (C=O) groups excluding carboxylic acids is 2. The number of hydrogen-bond acceptors (Lipinski definition) is 2. The van der Waals surface area contributed by atoms with Crippen LogP contribution in [-0.2, 0) is 10.3 Å². The van der Waals surface area contributed by atoms with Gasteiger partial charge >= 0.3 is 6.03 Å². The lowest BCUT2D eigenvalue weighted by Gasteiger charge is -2.29. The van der Waals surface area contributed by atoms with Crippen molar-refractivity contribution >= 4 is 17.6 Å². The molecule has 0 spiro atoms. The summed E-state index contributed by atoms with van der Waals surface area (Å²) in [5.41, 5.74) is 5.27. The number of amides is 3. The molecular weight excluding hydrogens is 266 g/mol. The second-order valence-corrected chi connectivity index (χ2v) is 4.80. The van der Waals surface area contributed by atoms with E-state index >= 15 is 0 Å². The lowest BCUT2D eigenvalue weighted by atomic mass is 9.91. The number of nitrogens with two attached hydrogens (primary N) is 1. The summed E-state index contributed by atoms with van der Waals surface area (Å²) in [5.74, 6) is -0.362. The molecule has 5 nitrogen and oxygen atoms in total. The fourth-order valence-corrected chi connectivity index (χ4v) is 2.06. The van der Waals surface area contributed by atoms with Crippen LogP contribution >= 0.6 is 0 Å². The Morgan fingerprint density at radius 2 is 1.48 bits per heavy atom. The van der Waals surface area contributed by atoms with Gasteiger partial charge in [0.05, 0.1) is 0 Å². The number of carbonyl (C=O) groups is 2. The molecule has 0 saturated carbocycles. The van der Waals surface area contributed by atoms with E-state index < -0.39 is 11.6 Å². The Kier molecular flexibility index (Phi) is 4.23. The summed E-state index contributed by atoms with van der Waals surface area (Å²) >= 11 is 0. The predicted molar refractivity (Wildman–Crippen MR) is 81.6 cm³/mol. The van der Waals surface area contributed by atoms with E-state index in [1.165, 1.54) is 0 Å². The fraction of sp³-hybridized carbons (Fsp3) is 0.125. The Morgan fingerprint density at radius 3 is 2.00 bits per heavy atom. The average molecular weight is 283 g/mol. The van der Waals surface area contributed by atoms with E-state index in [0.717, 1.165) is 0 Å². The highest BCUT2D eigenvalue weighted by atomic mass is 16.2. The van der Waals surface area contributed by atoms with Gasteiger partial charge in [0.25, 0.3) is 5.91 Å². The van der Waals surface area contributed by atoms with Gasteiger partial charge in [-0.15, -0.1) is 0 Å². The molecule has 0 radical (unpaired) electrons. The molecule has 0 fully saturated rings. The van der Waals surface area contributed by atoms with Crippen molar-refractivity contribution in [2.24, 2.45) is 5.73 Å². The smallest absolute Gasteiger partial charge is 0.313 e. The average Bonchev–Trinajstić information content (AvgIpc) is 2.48. The van der Waals surface area contributed by atoms with Crippen molar-refractivity contribution in [2.45, 2.75) is 12.5 Å². The number of para-hydroxylation sites is 1. The maximum atomic E-state index is 12.6. The van der Waals surface area contributed by atoms with Gasteiger partial charge in [-0.2, -0.15) is 0 Å². The summed E-state index contributed by atoms with van der Waals surface area (Å²) in [6, 6.07) is 17.2. The summed E-state index contributed by atoms with van der Waals surface area (Å²) < 4.78 is 0. The first-order valence-electron chi connectivity index (χ1n) is 6.52. The van der Waals surface area contributed by atoms with Gasteiger partial charge in [-0.25, -0.2) is 4.79 Å².